The summed E-state index contributed by atoms with van der Waals surface area (Å²) in [7, 11) is 0. The third kappa shape index (κ3) is 5.40. The number of hydrogen-bond donors (Lipinski definition) is 1. The standard InChI is InChI=1S/C13H24N2O3S/c1-3-18-13(17)11(14)9-19-10(2)12(16)15-7-5-4-6-8-15/h10-11H,3-9,14H2,1-2H3. The van der Waals surface area contributed by atoms with Crippen LogP contribution in [0.5, 0.6) is 0 Å². The van der Waals surface area contributed by atoms with E-state index in [2.05, 4.69) is 0 Å². The Morgan fingerprint density at radius 1 is 1.32 bits per heavy atom. The van der Waals surface area contributed by atoms with E-state index in [0.717, 1.165) is 25.9 Å². The lowest BCUT2D eigenvalue weighted by atomic mass is 10.1. The summed E-state index contributed by atoms with van der Waals surface area (Å²) < 4.78 is 4.84. The molecule has 19 heavy (non-hydrogen) atoms. The molecule has 1 heterocycles. The number of amides is 1. The number of carbonyl (C=O) groups is 2. The normalized spacial score (nSPS) is 18.8. The van der Waals surface area contributed by atoms with Gasteiger partial charge in [-0.05, 0) is 33.1 Å². The first kappa shape index (κ1) is 16.3. The van der Waals surface area contributed by atoms with E-state index in [1.807, 2.05) is 11.8 Å². The minimum absolute atomic E-state index is 0.153. The van der Waals surface area contributed by atoms with Gasteiger partial charge in [-0.2, -0.15) is 0 Å². The van der Waals surface area contributed by atoms with Crippen molar-refractivity contribution in [1.29, 1.82) is 0 Å². The topological polar surface area (TPSA) is 72.6 Å². The molecule has 0 saturated carbocycles. The van der Waals surface area contributed by atoms with Crippen LogP contribution in [0, 0.1) is 0 Å². The van der Waals surface area contributed by atoms with E-state index < -0.39 is 12.0 Å². The highest BCUT2D eigenvalue weighted by molar-refractivity contribution is 8.00. The van der Waals surface area contributed by atoms with Crippen molar-refractivity contribution in [1.82, 2.24) is 4.90 Å². The fraction of sp³-hybridized carbons (Fsp3) is 0.846. The van der Waals surface area contributed by atoms with Crippen LogP contribution in [0.2, 0.25) is 0 Å². The van der Waals surface area contributed by atoms with Crippen molar-refractivity contribution >= 4 is 23.6 Å². The maximum absolute atomic E-state index is 12.2. The summed E-state index contributed by atoms with van der Waals surface area (Å²) in [6.07, 6.45) is 3.38. The molecule has 1 amide bonds. The molecule has 110 valence electrons. The Balaban J connectivity index is 2.31. The molecule has 0 spiro atoms. The summed E-state index contributed by atoms with van der Waals surface area (Å²) in [6.45, 7) is 5.67. The molecule has 2 N–H and O–H groups in total. The van der Waals surface area contributed by atoms with Gasteiger partial charge in [0.05, 0.1) is 11.9 Å². The number of nitrogens with zero attached hydrogens (tertiary/aromatic N) is 1. The van der Waals surface area contributed by atoms with Crippen LogP contribution in [-0.4, -0.2) is 53.5 Å². The molecule has 0 aromatic heterocycles. The zero-order valence-corrected chi connectivity index (χ0v) is 12.6. The van der Waals surface area contributed by atoms with E-state index >= 15 is 0 Å². The zero-order valence-electron chi connectivity index (χ0n) is 11.8. The first-order valence-corrected chi connectivity index (χ1v) is 7.93. The Labute approximate surface area is 119 Å². The summed E-state index contributed by atoms with van der Waals surface area (Å²) in [5, 5.41) is -0.154. The van der Waals surface area contributed by atoms with Crippen molar-refractivity contribution < 1.29 is 14.3 Å². The molecule has 0 aliphatic carbocycles. The number of esters is 1. The average Bonchev–Trinajstić information content (AvgIpc) is 2.44. The highest BCUT2D eigenvalue weighted by Crippen LogP contribution is 2.17. The highest BCUT2D eigenvalue weighted by atomic mass is 32.2. The predicted octanol–water partition coefficient (Wildman–Crippen LogP) is 1.01. The van der Waals surface area contributed by atoms with Gasteiger partial charge in [0.25, 0.3) is 0 Å². The van der Waals surface area contributed by atoms with Gasteiger partial charge in [-0.25, -0.2) is 0 Å². The van der Waals surface area contributed by atoms with Crippen LogP contribution >= 0.6 is 11.8 Å². The molecule has 0 bridgehead atoms. The SMILES string of the molecule is CCOC(=O)C(N)CSC(C)C(=O)N1CCCCC1. The highest BCUT2D eigenvalue weighted by Gasteiger charge is 2.24. The number of piperidine rings is 1. The Bertz CT molecular complexity index is 306. The van der Waals surface area contributed by atoms with Crippen molar-refractivity contribution in [3.63, 3.8) is 0 Å². The number of rotatable bonds is 6. The molecule has 5 nitrogen and oxygen atoms in total. The first-order valence-electron chi connectivity index (χ1n) is 6.88. The summed E-state index contributed by atoms with van der Waals surface area (Å²) in [5.41, 5.74) is 5.71. The van der Waals surface area contributed by atoms with Gasteiger partial charge in [0.15, 0.2) is 0 Å². The molecular formula is C13H24N2O3S. The van der Waals surface area contributed by atoms with Gasteiger partial charge in [0, 0.05) is 18.8 Å². The van der Waals surface area contributed by atoms with Crippen molar-refractivity contribution in [2.24, 2.45) is 5.73 Å². The minimum atomic E-state index is -0.651. The number of nitrogens with two attached hydrogens (primary N) is 1. The first-order chi connectivity index (χ1) is 9.06. The summed E-state index contributed by atoms with van der Waals surface area (Å²) in [4.78, 5) is 25.4. The van der Waals surface area contributed by atoms with Crippen LogP contribution in [0.25, 0.3) is 0 Å². The van der Waals surface area contributed by atoms with Gasteiger partial charge < -0.3 is 15.4 Å². The maximum Gasteiger partial charge on any atom is 0.323 e. The Morgan fingerprint density at radius 2 is 1.95 bits per heavy atom. The second-order valence-electron chi connectivity index (χ2n) is 4.72. The van der Waals surface area contributed by atoms with E-state index in [1.54, 1.807) is 6.92 Å². The van der Waals surface area contributed by atoms with Crippen molar-refractivity contribution in [2.75, 3.05) is 25.4 Å². The number of ether oxygens (including phenoxy) is 1. The third-order valence-corrected chi connectivity index (χ3v) is 4.38. The molecule has 0 aromatic rings. The minimum Gasteiger partial charge on any atom is -0.465 e. The van der Waals surface area contributed by atoms with Gasteiger partial charge in [0.2, 0.25) is 5.91 Å². The summed E-state index contributed by atoms with van der Waals surface area (Å²) in [6, 6.07) is -0.651. The molecule has 1 aliphatic rings. The van der Waals surface area contributed by atoms with Crippen molar-refractivity contribution in [3.8, 4) is 0 Å². The van der Waals surface area contributed by atoms with Crippen LogP contribution in [0.1, 0.15) is 33.1 Å². The molecule has 1 aliphatic heterocycles. The number of carbonyl (C=O) groups excluding carboxylic acids is 2. The molecule has 2 unspecified atom stereocenters. The van der Waals surface area contributed by atoms with Crippen LogP contribution in [0.15, 0.2) is 0 Å². The summed E-state index contributed by atoms with van der Waals surface area (Å²) in [5.74, 6) is 0.174. The van der Waals surface area contributed by atoms with Gasteiger partial charge in [-0.3, -0.25) is 9.59 Å². The fourth-order valence-electron chi connectivity index (χ4n) is 2.01. The Hall–Kier alpha value is -0.750. The molecular weight excluding hydrogens is 264 g/mol. The predicted molar refractivity (Wildman–Crippen MR) is 77.0 cm³/mol. The second-order valence-corrected chi connectivity index (χ2v) is 6.09. The molecule has 1 rings (SSSR count). The van der Waals surface area contributed by atoms with Crippen LogP contribution < -0.4 is 5.73 Å². The van der Waals surface area contributed by atoms with E-state index in [0.29, 0.717) is 12.4 Å². The second kappa shape index (κ2) is 8.43. The lowest BCUT2D eigenvalue weighted by Gasteiger charge is -2.29. The van der Waals surface area contributed by atoms with E-state index in [4.69, 9.17) is 10.5 Å². The Morgan fingerprint density at radius 3 is 2.53 bits per heavy atom. The number of likely N-dealkylation sites (tertiary alicyclic amines) is 1. The third-order valence-electron chi connectivity index (χ3n) is 3.13. The lowest BCUT2D eigenvalue weighted by molar-refractivity contribution is -0.144. The van der Waals surface area contributed by atoms with Crippen LogP contribution in [-0.2, 0) is 14.3 Å². The van der Waals surface area contributed by atoms with Gasteiger partial charge >= 0.3 is 5.97 Å². The van der Waals surface area contributed by atoms with Crippen molar-refractivity contribution in [3.05, 3.63) is 0 Å². The Kier molecular flexibility index (Phi) is 7.23. The molecule has 1 saturated heterocycles. The number of hydrogen-bond acceptors (Lipinski definition) is 5. The van der Waals surface area contributed by atoms with Crippen LogP contribution in [0.3, 0.4) is 0 Å². The van der Waals surface area contributed by atoms with Gasteiger partial charge in [0.1, 0.15) is 6.04 Å². The molecule has 0 radical (unpaired) electrons. The van der Waals surface area contributed by atoms with E-state index in [9.17, 15) is 9.59 Å². The fourth-order valence-corrected chi connectivity index (χ4v) is 2.93. The monoisotopic (exact) mass is 288 g/mol. The van der Waals surface area contributed by atoms with Crippen molar-refractivity contribution in [2.45, 2.75) is 44.4 Å². The quantitative estimate of drug-likeness (QED) is 0.739. The average molecular weight is 288 g/mol. The maximum atomic E-state index is 12.2. The van der Waals surface area contributed by atoms with Gasteiger partial charge in [-0.1, -0.05) is 0 Å². The van der Waals surface area contributed by atoms with E-state index in [-0.39, 0.29) is 11.2 Å². The smallest absolute Gasteiger partial charge is 0.323 e. The number of thioether (sulfide) groups is 1. The molecule has 6 heteroatoms. The lowest BCUT2D eigenvalue weighted by Crippen LogP contribution is -2.41. The summed E-state index contributed by atoms with van der Waals surface area (Å²) >= 11 is 1.42. The van der Waals surface area contributed by atoms with Crippen LogP contribution in [0.4, 0.5) is 0 Å². The van der Waals surface area contributed by atoms with E-state index in [1.165, 1.54) is 18.2 Å². The zero-order chi connectivity index (χ0) is 14.3. The molecule has 0 aromatic carbocycles. The van der Waals surface area contributed by atoms with Gasteiger partial charge in [-0.15, -0.1) is 11.8 Å². The molecule has 2 atom stereocenters. The largest absolute Gasteiger partial charge is 0.465 e. The molecule has 1 fully saturated rings.